The van der Waals surface area contributed by atoms with Gasteiger partial charge in [0.2, 0.25) is 0 Å². The van der Waals surface area contributed by atoms with Crippen molar-refractivity contribution >= 4 is 22.5 Å². The van der Waals surface area contributed by atoms with E-state index in [0.29, 0.717) is 38.9 Å². The molecule has 0 saturated heterocycles. The molecule has 3 aromatic carbocycles. The lowest BCUT2D eigenvalue weighted by molar-refractivity contribution is 0.0979. The zero-order valence-corrected chi connectivity index (χ0v) is 16.3. The highest BCUT2D eigenvalue weighted by Gasteiger charge is 2.32. The van der Waals surface area contributed by atoms with E-state index in [0.717, 1.165) is 16.6 Å². The molecule has 2 aliphatic carbocycles. The summed E-state index contributed by atoms with van der Waals surface area (Å²) >= 11 is 0. The van der Waals surface area contributed by atoms with Crippen molar-refractivity contribution in [2.45, 2.75) is 0 Å². The van der Waals surface area contributed by atoms with Crippen LogP contribution in [0, 0.1) is 0 Å². The topological polar surface area (TPSA) is 67.0 Å². The minimum absolute atomic E-state index is 0.174. The van der Waals surface area contributed by atoms with E-state index in [9.17, 15) is 14.4 Å². The summed E-state index contributed by atoms with van der Waals surface area (Å²) < 4.78 is 0. The number of H-pyrrole nitrogens is 1. The number of ketones is 2. The zero-order valence-electron chi connectivity index (χ0n) is 16.3. The number of carbonyl (C=O) groups is 2. The molecule has 0 amide bonds. The highest BCUT2D eigenvalue weighted by atomic mass is 16.1. The minimum atomic E-state index is -0.231. The third-order valence-corrected chi connectivity index (χ3v) is 5.97. The fourth-order valence-electron chi connectivity index (χ4n) is 4.47. The first-order valence-corrected chi connectivity index (χ1v) is 10.00. The number of hydrogen-bond acceptors (Lipinski definition) is 3. The molecule has 0 atom stereocenters. The van der Waals surface area contributed by atoms with Crippen molar-refractivity contribution in [1.82, 2.24) is 4.98 Å². The monoisotopic (exact) mass is 401 g/mol. The first-order valence-electron chi connectivity index (χ1n) is 10.00. The fraction of sp³-hybridized carbons (Fsp3) is 0. The van der Waals surface area contributed by atoms with Gasteiger partial charge in [0.15, 0.2) is 17.0 Å². The molecule has 3 aliphatic rings. The van der Waals surface area contributed by atoms with Crippen LogP contribution in [-0.4, -0.2) is 16.6 Å². The Morgan fingerprint density at radius 3 is 2.03 bits per heavy atom. The third-order valence-electron chi connectivity index (χ3n) is 5.97. The molecule has 0 aromatic heterocycles. The lowest BCUT2D eigenvalue weighted by Crippen LogP contribution is -2.22. The number of rotatable bonds is 1. The molecule has 0 bridgehead atoms. The number of carbonyl (C=O) groups excluding carboxylic acids is 2. The Morgan fingerprint density at radius 2 is 1.19 bits per heavy atom. The molecular formula is C27H15NO3. The van der Waals surface area contributed by atoms with Gasteiger partial charge in [-0.05, 0) is 35.2 Å². The van der Waals surface area contributed by atoms with Gasteiger partial charge in [-0.25, -0.2) is 0 Å². The molecule has 0 saturated carbocycles. The molecule has 0 spiro atoms. The predicted octanol–water partition coefficient (Wildman–Crippen LogP) is 5.08. The van der Waals surface area contributed by atoms with E-state index in [1.54, 1.807) is 48.5 Å². The summed E-state index contributed by atoms with van der Waals surface area (Å²) in [5, 5.41) is 0.930. The van der Waals surface area contributed by atoms with Crippen molar-refractivity contribution in [2.75, 3.05) is 0 Å². The van der Waals surface area contributed by atoms with Crippen LogP contribution in [0.25, 0.3) is 33.3 Å². The number of pyridine rings is 1. The summed E-state index contributed by atoms with van der Waals surface area (Å²) in [6.45, 7) is 0. The standard InChI is InChI=1S/C27H15NO3/c29-25-17-7-2-3-8-18(17)27(31)24-16(9-5-10-20(24)25)19-12-13-23-21(26(19)30)14-15-6-1-4-11-22(15)28-23/h1-14,28H. The average Bonchev–Trinajstić information content (AvgIpc) is 2.81. The fourth-order valence-corrected chi connectivity index (χ4v) is 4.47. The van der Waals surface area contributed by atoms with Crippen LogP contribution in [0.3, 0.4) is 0 Å². The van der Waals surface area contributed by atoms with Crippen LogP contribution < -0.4 is 5.43 Å². The second-order valence-corrected chi connectivity index (χ2v) is 7.69. The van der Waals surface area contributed by atoms with E-state index in [-0.39, 0.29) is 17.0 Å². The number of benzene rings is 4. The van der Waals surface area contributed by atoms with Gasteiger partial charge in [0, 0.05) is 44.6 Å². The Hall–Kier alpha value is -4.31. The van der Waals surface area contributed by atoms with E-state index in [2.05, 4.69) is 4.98 Å². The number of aromatic amines is 1. The van der Waals surface area contributed by atoms with Crippen LogP contribution in [0.15, 0.2) is 89.7 Å². The maximum atomic E-state index is 13.5. The van der Waals surface area contributed by atoms with Crippen molar-refractivity contribution in [2.24, 2.45) is 0 Å². The summed E-state index contributed by atoms with van der Waals surface area (Å²) in [6, 6.07) is 25.2. The maximum absolute atomic E-state index is 13.5. The Bertz CT molecular complexity index is 1590. The van der Waals surface area contributed by atoms with E-state index >= 15 is 0 Å². The Balaban J connectivity index is 1.63. The maximum Gasteiger partial charge on any atom is 0.195 e. The predicted molar refractivity (Wildman–Crippen MR) is 120 cm³/mol. The summed E-state index contributed by atoms with van der Waals surface area (Å²) in [7, 11) is 0. The van der Waals surface area contributed by atoms with Gasteiger partial charge in [0.25, 0.3) is 0 Å². The number of nitrogens with one attached hydrogen (secondary N) is 1. The summed E-state index contributed by atoms with van der Waals surface area (Å²) in [5.41, 5.74) is 4.36. The van der Waals surface area contributed by atoms with E-state index < -0.39 is 0 Å². The highest BCUT2D eigenvalue weighted by molar-refractivity contribution is 6.30. The second-order valence-electron chi connectivity index (χ2n) is 7.69. The summed E-state index contributed by atoms with van der Waals surface area (Å²) in [5.74, 6) is -0.426. The third kappa shape index (κ3) is 2.45. The van der Waals surface area contributed by atoms with Crippen LogP contribution in [0.1, 0.15) is 31.8 Å². The largest absolute Gasteiger partial charge is 0.354 e. The van der Waals surface area contributed by atoms with Crippen LogP contribution in [0.2, 0.25) is 0 Å². The van der Waals surface area contributed by atoms with Crippen molar-refractivity contribution in [3.8, 4) is 22.4 Å². The molecule has 0 fully saturated rings. The van der Waals surface area contributed by atoms with Gasteiger partial charge in [-0.15, -0.1) is 0 Å². The molecule has 6 rings (SSSR count). The van der Waals surface area contributed by atoms with Gasteiger partial charge >= 0.3 is 0 Å². The SMILES string of the molecule is O=C1c2ccccc2C(=O)c2c1cccc2-c1ccc2[nH]c3ccccc3cc-2c1=O. The summed E-state index contributed by atoms with van der Waals surface area (Å²) in [6.07, 6.45) is 0. The number of fused-ring (bicyclic) bond motifs is 4. The Morgan fingerprint density at radius 1 is 0.516 bits per heavy atom. The van der Waals surface area contributed by atoms with Crippen molar-refractivity contribution in [3.63, 3.8) is 0 Å². The highest BCUT2D eigenvalue weighted by Crippen LogP contribution is 2.34. The molecular weight excluding hydrogens is 386 g/mol. The molecule has 146 valence electrons. The first kappa shape index (κ1) is 17.5. The number of aromatic nitrogens is 1. The number of para-hydroxylation sites is 1. The van der Waals surface area contributed by atoms with Gasteiger partial charge in [-0.2, -0.15) is 0 Å². The second kappa shape index (κ2) is 6.34. The zero-order chi connectivity index (χ0) is 21.1. The lowest BCUT2D eigenvalue weighted by Gasteiger charge is -2.20. The van der Waals surface area contributed by atoms with E-state index in [1.807, 2.05) is 36.4 Å². The van der Waals surface area contributed by atoms with Crippen molar-refractivity contribution in [3.05, 3.63) is 117 Å². The van der Waals surface area contributed by atoms with Gasteiger partial charge in [0.1, 0.15) is 0 Å². The van der Waals surface area contributed by atoms with Gasteiger partial charge in [0.05, 0.1) is 0 Å². The Kier molecular flexibility index (Phi) is 3.59. The quantitative estimate of drug-likeness (QED) is 0.391. The molecule has 0 unspecified atom stereocenters. The molecule has 4 nitrogen and oxygen atoms in total. The van der Waals surface area contributed by atoms with Crippen LogP contribution in [0.5, 0.6) is 0 Å². The van der Waals surface area contributed by atoms with Gasteiger partial charge < -0.3 is 4.98 Å². The van der Waals surface area contributed by atoms with E-state index in [1.165, 1.54) is 0 Å². The average molecular weight is 401 g/mol. The molecule has 3 aromatic rings. The Labute approximate surface area is 177 Å². The van der Waals surface area contributed by atoms with Crippen LogP contribution in [-0.2, 0) is 0 Å². The molecule has 31 heavy (non-hydrogen) atoms. The normalized spacial score (nSPS) is 12.8. The molecule has 0 radical (unpaired) electrons. The number of hydrogen-bond donors (Lipinski definition) is 1. The molecule has 4 heteroatoms. The minimum Gasteiger partial charge on any atom is -0.354 e. The van der Waals surface area contributed by atoms with E-state index in [4.69, 9.17) is 0 Å². The molecule has 1 heterocycles. The van der Waals surface area contributed by atoms with Crippen molar-refractivity contribution in [1.29, 1.82) is 0 Å². The van der Waals surface area contributed by atoms with Crippen LogP contribution in [0.4, 0.5) is 0 Å². The first-order chi connectivity index (χ1) is 15.1. The van der Waals surface area contributed by atoms with Gasteiger partial charge in [-0.1, -0.05) is 60.7 Å². The smallest absolute Gasteiger partial charge is 0.195 e. The molecule has 1 aliphatic heterocycles. The van der Waals surface area contributed by atoms with Crippen molar-refractivity contribution < 1.29 is 9.59 Å². The van der Waals surface area contributed by atoms with Gasteiger partial charge in [-0.3, -0.25) is 14.4 Å². The lowest BCUT2D eigenvalue weighted by atomic mass is 9.80. The molecule has 1 N–H and O–H groups in total. The summed E-state index contributed by atoms with van der Waals surface area (Å²) in [4.78, 5) is 43.2. The van der Waals surface area contributed by atoms with Crippen LogP contribution >= 0.6 is 0 Å².